The molecular weight excluding hydrogens is 482 g/mol. The molecule has 0 bridgehead atoms. The molecule has 1 fully saturated rings. The Bertz CT molecular complexity index is 995. The first-order valence-electron chi connectivity index (χ1n) is 9.83. The SMILES string of the molecule is COCCOc1ccc(C(=O)NC(=S)Nc2cccc(NC(=O)C3CC3)c2C)cc1Br. The molecule has 1 aliphatic rings. The molecule has 0 aromatic heterocycles. The van der Waals surface area contributed by atoms with Crippen LogP contribution < -0.4 is 20.7 Å². The van der Waals surface area contributed by atoms with Gasteiger partial charge in [0.2, 0.25) is 5.91 Å². The molecule has 2 aromatic rings. The molecule has 3 N–H and O–H groups in total. The Kier molecular flexibility index (Phi) is 8.00. The van der Waals surface area contributed by atoms with Gasteiger partial charge in [0.1, 0.15) is 12.4 Å². The number of carbonyl (C=O) groups excluding carboxylic acids is 2. The number of carbonyl (C=O) groups is 2. The van der Waals surface area contributed by atoms with E-state index in [0.29, 0.717) is 34.7 Å². The van der Waals surface area contributed by atoms with E-state index in [1.807, 2.05) is 25.1 Å². The summed E-state index contributed by atoms with van der Waals surface area (Å²) < 4.78 is 11.2. The molecule has 7 nitrogen and oxygen atoms in total. The van der Waals surface area contributed by atoms with E-state index in [4.69, 9.17) is 21.7 Å². The zero-order chi connectivity index (χ0) is 22.4. The van der Waals surface area contributed by atoms with E-state index in [1.165, 1.54) is 0 Å². The van der Waals surface area contributed by atoms with Gasteiger partial charge in [-0.05, 0) is 83.8 Å². The van der Waals surface area contributed by atoms with E-state index in [1.54, 1.807) is 25.3 Å². The molecule has 2 aromatic carbocycles. The first-order chi connectivity index (χ1) is 14.9. The fourth-order valence-corrected chi connectivity index (χ4v) is 3.51. The van der Waals surface area contributed by atoms with Crippen molar-refractivity contribution >= 4 is 56.4 Å². The molecule has 0 spiro atoms. The fourth-order valence-electron chi connectivity index (χ4n) is 2.81. The number of ether oxygens (including phenoxy) is 2. The Morgan fingerprint density at radius 2 is 1.84 bits per heavy atom. The molecule has 31 heavy (non-hydrogen) atoms. The lowest BCUT2D eigenvalue weighted by atomic mass is 10.1. The minimum atomic E-state index is -0.350. The van der Waals surface area contributed by atoms with Crippen molar-refractivity contribution < 1.29 is 19.1 Å². The number of halogens is 1. The quantitative estimate of drug-likeness (QED) is 0.367. The van der Waals surface area contributed by atoms with Gasteiger partial charge in [-0.1, -0.05) is 6.07 Å². The van der Waals surface area contributed by atoms with Crippen LogP contribution in [-0.2, 0) is 9.53 Å². The Morgan fingerprint density at radius 3 is 2.48 bits per heavy atom. The van der Waals surface area contributed by atoms with Crippen LogP contribution in [-0.4, -0.2) is 37.3 Å². The number of amides is 2. The summed E-state index contributed by atoms with van der Waals surface area (Å²) in [6.45, 7) is 2.77. The predicted molar refractivity (Wildman–Crippen MR) is 128 cm³/mol. The molecule has 0 radical (unpaired) electrons. The number of methoxy groups -OCH3 is 1. The molecule has 0 atom stereocenters. The first kappa shape index (κ1) is 23.2. The number of rotatable bonds is 8. The average molecular weight is 506 g/mol. The summed E-state index contributed by atoms with van der Waals surface area (Å²) in [5, 5.41) is 8.81. The minimum Gasteiger partial charge on any atom is -0.490 e. The van der Waals surface area contributed by atoms with Gasteiger partial charge in [0.15, 0.2) is 5.11 Å². The third kappa shape index (κ3) is 6.49. The smallest absolute Gasteiger partial charge is 0.257 e. The zero-order valence-electron chi connectivity index (χ0n) is 17.3. The van der Waals surface area contributed by atoms with Crippen LogP contribution in [0.4, 0.5) is 11.4 Å². The van der Waals surface area contributed by atoms with E-state index in [-0.39, 0.29) is 22.8 Å². The predicted octanol–water partition coefficient (Wildman–Crippen LogP) is 4.26. The molecule has 0 aliphatic heterocycles. The van der Waals surface area contributed by atoms with Crippen LogP contribution in [0.25, 0.3) is 0 Å². The molecule has 1 aliphatic carbocycles. The third-order valence-electron chi connectivity index (χ3n) is 4.75. The number of hydrogen-bond donors (Lipinski definition) is 3. The highest BCUT2D eigenvalue weighted by Gasteiger charge is 2.29. The van der Waals surface area contributed by atoms with Crippen LogP contribution in [0.3, 0.4) is 0 Å². The Labute approximate surface area is 195 Å². The van der Waals surface area contributed by atoms with E-state index in [0.717, 1.165) is 24.1 Å². The van der Waals surface area contributed by atoms with Crippen molar-refractivity contribution in [1.29, 1.82) is 0 Å². The molecule has 2 amide bonds. The highest BCUT2D eigenvalue weighted by Crippen LogP contribution is 2.31. The topological polar surface area (TPSA) is 88.7 Å². The van der Waals surface area contributed by atoms with Crippen molar-refractivity contribution in [2.75, 3.05) is 31.0 Å². The lowest BCUT2D eigenvalue weighted by Crippen LogP contribution is -2.34. The lowest BCUT2D eigenvalue weighted by Gasteiger charge is -2.15. The summed E-state index contributed by atoms with van der Waals surface area (Å²) in [6.07, 6.45) is 1.88. The van der Waals surface area contributed by atoms with Crippen molar-refractivity contribution in [1.82, 2.24) is 5.32 Å². The second-order valence-corrected chi connectivity index (χ2v) is 8.40. The van der Waals surface area contributed by atoms with Crippen LogP contribution in [0.15, 0.2) is 40.9 Å². The summed E-state index contributed by atoms with van der Waals surface area (Å²) in [5.41, 5.74) is 2.71. The monoisotopic (exact) mass is 505 g/mol. The van der Waals surface area contributed by atoms with E-state index < -0.39 is 0 Å². The molecular formula is C22H24BrN3O4S. The van der Waals surface area contributed by atoms with Crippen LogP contribution in [0.2, 0.25) is 0 Å². The summed E-state index contributed by atoms with van der Waals surface area (Å²) in [7, 11) is 1.60. The number of nitrogens with one attached hydrogen (secondary N) is 3. The van der Waals surface area contributed by atoms with E-state index in [2.05, 4.69) is 31.9 Å². The number of thiocarbonyl (C=S) groups is 1. The number of anilines is 2. The van der Waals surface area contributed by atoms with E-state index in [9.17, 15) is 9.59 Å². The van der Waals surface area contributed by atoms with Crippen LogP contribution in [0.1, 0.15) is 28.8 Å². The molecule has 0 heterocycles. The Hall–Kier alpha value is -2.49. The first-order valence-corrected chi connectivity index (χ1v) is 11.0. The Balaban J connectivity index is 1.59. The molecule has 1 saturated carbocycles. The molecule has 0 unspecified atom stereocenters. The zero-order valence-corrected chi connectivity index (χ0v) is 19.7. The highest BCUT2D eigenvalue weighted by atomic mass is 79.9. The minimum absolute atomic E-state index is 0.0383. The molecule has 164 valence electrons. The maximum absolute atomic E-state index is 12.6. The van der Waals surface area contributed by atoms with Crippen LogP contribution in [0, 0.1) is 12.8 Å². The maximum atomic E-state index is 12.6. The summed E-state index contributed by atoms with van der Waals surface area (Å²) >= 11 is 8.71. The van der Waals surface area contributed by atoms with Crippen molar-refractivity contribution in [3.63, 3.8) is 0 Å². The lowest BCUT2D eigenvalue weighted by molar-refractivity contribution is -0.117. The molecule has 9 heteroatoms. The number of benzene rings is 2. The molecule has 0 saturated heterocycles. The second kappa shape index (κ2) is 10.7. The second-order valence-electron chi connectivity index (χ2n) is 7.14. The molecule has 3 rings (SSSR count). The van der Waals surface area contributed by atoms with Gasteiger partial charge >= 0.3 is 0 Å². The van der Waals surface area contributed by atoms with Crippen LogP contribution >= 0.6 is 28.1 Å². The van der Waals surface area contributed by atoms with Crippen molar-refractivity contribution in [3.05, 3.63) is 52.0 Å². The number of hydrogen-bond acceptors (Lipinski definition) is 5. The average Bonchev–Trinajstić information content (AvgIpc) is 3.57. The van der Waals surface area contributed by atoms with Crippen molar-refractivity contribution in [2.45, 2.75) is 19.8 Å². The van der Waals surface area contributed by atoms with Gasteiger partial charge in [-0.3, -0.25) is 14.9 Å². The largest absolute Gasteiger partial charge is 0.490 e. The highest BCUT2D eigenvalue weighted by molar-refractivity contribution is 9.10. The standard InChI is InChI=1S/C22H24BrN3O4S/c1-13-17(24-20(27)14-6-7-14)4-3-5-18(13)25-22(31)26-21(28)15-8-9-19(16(23)12-15)30-11-10-29-2/h3-5,8-9,12,14H,6-7,10-11H2,1-2H3,(H,24,27)(H2,25,26,28,31). The summed E-state index contributed by atoms with van der Waals surface area (Å²) in [5.74, 6) is 0.427. The maximum Gasteiger partial charge on any atom is 0.257 e. The summed E-state index contributed by atoms with van der Waals surface area (Å²) in [6, 6.07) is 10.5. The normalized spacial score (nSPS) is 12.7. The van der Waals surface area contributed by atoms with Gasteiger partial charge in [0, 0.05) is 30.0 Å². The van der Waals surface area contributed by atoms with E-state index >= 15 is 0 Å². The summed E-state index contributed by atoms with van der Waals surface area (Å²) in [4.78, 5) is 24.6. The van der Waals surface area contributed by atoms with Crippen molar-refractivity contribution in [2.24, 2.45) is 5.92 Å². The van der Waals surface area contributed by atoms with Gasteiger partial charge in [0.25, 0.3) is 5.91 Å². The van der Waals surface area contributed by atoms with Gasteiger partial charge in [-0.25, -0.2) is 0 Å². The third-order valence-corrected chi connectivity index (χ3v) is 5.58. The Morgan fingerprint density at radius 1 is 1.13 bits per heavy atom. The fraction of sp³-hybridized carbons (Fsp3) is 0.318. The van der Waals surface area contributed by atoms with Gasteiger partial charge < -0.3 is 20.1 Å². The van der Waals surface area contributed by atoms with Crippen LogP contribution in [0.5, 0.6) is 5.75 Å². The van der Waals surface area contributed by atoms with Gasteiger partial charge in [-0.2, -0.15) is 0 Å². The van der Waals surface area contributed by atoms with Gasteiger partial charge in [0.05, 0.1) is 11.1 Å². The van der Waals surface area contributed by atoms with Crippen molar-refractivity contribution in [3.8, 4) is 5.75 Å². The van der Waals surface area contributed by atoms with Gasteiger partial charge in [-0.15, -0.1) is 0 Å².